The van der Waals surface area contributed by atoms with E-state index in [9.17, 15) is 19.0 Å². The topological polar surface area (TPSA) is 181 Å². The quantitative estimate of drug-likeness (QED) is 0.0665. The molecule has 2 fully saturated rings. The molecule has 0 saturated carbocycles. The Morgan fingerprint density at radius 2 is 0.873 bits per heavy atom. The number of carbonyl (C=O) groups excluding carboxylic acids is 4. The van der Waals surface area contributed by atoms with Crippen LogP contribution < -0.4 is 5.32 Å². The van der Waals surface area contributed by atoms with E-state index in [1.54, 1.807) is 158 Å². The smallest absolute Gasteiger partial charge is 0.315 e. The number of nitrogens with zero attached hydrogens (tertiary/aromatic N) is 3. The highest BCUT2D eigenvalue weighted by Crippen LogP contribution is 2.63. The minimum Gasteiger partial charge on any atom is -0.315 e. The molecular weight excluding hydrogens is 846 g/mol. The average Bonchev–Trinajstić information content (AvgIpc) is 3.72. The van der Waals surface area contributed by atoms with Crippen molar-refractivity contribution >= 4 is 39.4 Å². The average molecular weight is 887 g/mol. The van der Waals surface area contributed by atoms with E-state index in [-0.39, 0.29) is 17.7 Å². The first-order chi connectivity index (χ1) is 30.5. The molecule has 0 radical (unpaired) electrons. The van der Waals surface area contributed by atoms with Gasteiger partial charge in [-0.3, -0.25) is 27.7 Å². The van der Waals surface area contributed by atoms with E-state index in [4.69, 9.17) is 18.1 Å². The van der Waals surface area contributed by atoms with Crippen LogP contribution in [0, 0.1) is 0 Å². The summed E-state index contributed by atoms with van der Waals surface area (Å²) in [5.41, 5.74) is -1.94. The summed E-state index contributed by atoms with van der Waals surface area (Å²) in [5, 5.41) is 2.81. The molecule has 2 unspecified atom stereocenters. The summed E-state index contributed by atoms with van der Waals surface area (Å²) in [5.74, 6) is -1.84. The van der Waals surface area contributed by atoms with E-state index >= 15 is 14.2 Å². The highest BCUT2D eigenvalue weighted by molar-refractivity contribution is 7.52. The number of carbonyl (C=O) groups is 4. The van der Waals surface area contributed by atoms with Gasteiger partial charge >= 0.3 is 27.6 Å². The van der Waals surface area contributed by atoms with Crippen LogP contribution in [-0.4, -0.2) is 56.7 Å². The fourth-order valence-electron chi connectivity index (χ4n) is 7.59. The van der Waals surface area contributed by atoms with Crippen LogP contribution >= 0.6 is 15.6 Å². The van der Waals surface area contributed by atoms with Gasteiger partial charge in [0.25, 0.3) is 11.8 Å². The molecule has 0 bridgehead atoms. The standard InChI is InChI=1S/C46H40N4O11P2/c51-41-45(37-23-11-3-12-24-37,38-25-13-4-14-26-38)47-43(53)48(41)33-60-62(55,58-31-35-19-7-1-8-20-35)50-44(54)49(34-61-63(56,57)59-32-36-21-9-2-10-22-36)42(52)46(50,39-27-15-5-16-28-39)40-29-17-6-18-30-40/h1-30H,31-34H2,(H,47,53)(H,56,57). The Kier molecular flexibility index (Phi) is 12.4. The van der Waals surface area contributed by atoms with E-state index in [0.29, 0.717) is 36.7 Å². The molecule has 2 aliphatic rings. The molecule has 320 valence electrons. The zero-order valence-electron chi connectivity index (χ0n) is 33.4. The van der Waals surface area contributed by atoms with Crippen molar-refractivity contribution in [1.82, 2.24) is 19.8 Å². The van der Waals surface area contributed by atoms with Crippen molar-refractivity contribution in [2.45, 2.75) is 24.3 Å². The second kappa shape index (κ2) is 18.1. The van der Waals surface area contributed by atoms with Gasteiger partial charge in [0, 0.05) is 0 Å². The fourth-order valence-corrected chi connectivity index (χ4v) is 10.1. The zero-order chi connectivity index (χ0) is 44.1. The van der Waals surface area contributed by atoms with E-state index < -0.39 is 70.6 Å². The van der Waals surface area contributed by atoms with E-state index in [2.05, 4.69) is 5.32 Å². The van der Waals surface area contributed by atoms with Crippen LogP contribution in [0.2, 0.25) is 0 Å². The summed E-state index contributed by atoms with van der Waals surface area (Å²) in [7, 11) is -10.2. The van der Waals surface area contributed by atoms with Crippen molar-refractivity contribution in [1.29, 1.82) is 0 Å². The van der Waals surface area contributed by atoms with Crippen LogP contribution in [0.1, 0.15) is 33.4 Å². The Balaban J connectivity index is 1.21. The first-order valence-corrected chi connectivity index (χ1v) is 22.6. The first kappa shape index (κ1) is 43.1. The number of amides is 6. The Bertz CT molecular complexity index is 2610. The molecule has 15 nitrogen and oxygen atoms in total. The molecule has 6 aromatic rings. The lowest BCUT2D eigenvalue weighted by molar-refractivity contribution is -0.134. The Morgan fingerprint density at radius 1 is 0.476 bits per heavy atom. The van der Waals surface area contributed by atoms with Gasteiger partial charge in [-0.25, -0.2) is 33.2 Å². The van der Waals surface area contributed by atoms with Crippen molar-refractivity contribution in [2.24, 2.45) is 0 Å². The van der Waals surface area contributed by atoms with Crippen LogP contribution in [0.3, 0.4) is 0 Å². The Morgan fingerprint density at radius 3 is 1.33 bits per heavy atom. The van der Waals surface area contributed by atoms with Gasteiger partial charge in [-0.1, -0.05) is 182 Å². The summed E-state index contributed by atoms with van der Waals surface area (Å²) in [6, 6.07) is 47.8. The molecule has 0 aromatic heterocycles. The monoisotopic (exact) mass is 886 g/mol. The van der Waals surface area contributed by atoms with Gasteiger partial charge in [0.2, 0.25) is 0 Å². The number of nitrogens with one attached hydrogen (secondary N) is 1. The number of hydrogen-bond donors (Lipinski definition) is 2. The van der Waals surface area contributed by atoms with Gasteiger partial charge in [0.05, 0.1) is 13.2 Å². The maximum Gasteiger partial charge on any atom is 0.474 e. The summed E-state index contributed by atoms with van der Waals surface area (Å²) in [4.78, 5) is 71.0. The van der Waals surface area contributed by atoms with Gasteiger partial charge in [-0.2, -0.15) is 0 Å². The van der Waals surface area contributed by atoms with Crippen molar-refractivity contribution in [3.8, 4) is 0 Å². The number of phosphoric acid groups is 1. The van der Waals surface area contributed by atoms with Crippen molar-refractivity contribution < 1.29 is 51.3 Å². The van der Waals surface area contributed by atoms with Crippen molar-refractivity contribution in [3.63, 3.8) is 0 Å². The lowest BCUT2D eigenvalue weighted by Crippen LogP contribution is -2.47. The minimum absolute atomic E-state index is 0.124. The number of benzene rings is 6. The van der Waals surface area contributed by atoms with E-state index in [1.807, 2.05) is 0 Å². The van der Waals surface area contributed by atoms with Gasteiger partial charge in [0.1, 0.15) is 13.5 Å². The molecule has 6 aromatic carbocycles. The Hall–Kier alpha value is -6.54. The summed E-state index contributed by atoms with van der Waals surface area (Å²) < 4.78 is 52.7. The number of rotatable bonds is 17. The maximum absolute atomic E-state index is 16.0. The van der Waals surface area contributed by atoms with Crippen LogP contribution in [0.4, 0.5) is 9.59 Å². The maximum atomic E-state index is 16.0. The van der Waals surface area contributed by atoms with Gasteiger partial charge in [0.15, 0.2) is 11.1 Å². The van der Waals surface area contributed by atoms with Crippen molar-refractivity contribution in [3.05, 3.63) is 215 Å². The molecule has 63 heavy (non-hydrogen) atoms. The zero-order valence-corrected chi connectivity index (χ0v) is 35.2. The SMILES string of the molecule is O=C1NC(c2ccccc2)(c2ccccc2)C(=O)N1COP(=O)(OCc1ccccc1)N1C(=O)N(COP(=O)(O)OCc2ccccc2)C(=O)C1(c1ccccc1)c1ccccc1. The number of urea groups is 2. The van der Waals surface area contributed by atoms with Crippen LogP contribution in [0.15, 0.2) is 182 Å². The molecule has 6 amide bonds. The summed E-state index contributed by atoms with van der Waals surface area (Å²) in [6.07, 6.45) is 0. The second-order valence-electron chi connectivity index (χ2n) is 14.4. The van der Waals surface area contributed by atoms with E-state index in [1.165, 1.54) is 24.3 Å². The molecule has 0 aliphatic carbocycles. The van der Waals surface area contributed by atoms with Gasteiger partial charge in [-0.05, 0) is 33.4 Å². The molecule has 8 rings (SSSR count). The fraction of sp³-hybridized carbons (Fsp3) is 0.130. The van der Waals surface area contributed by atoms with Gasteiger partial charge in [-0.15, -0.1) is 0 Å². The lowest BCUT2D eigenvalue weighted by atomic mass is 9.82. The highest BCUT2D eigenvalue weighted by Gasteiger charge is 2.67. The Labute approximate surface area is 362 Å². The molecule has 2 N–H and O–H groups in total. The third-order valence-corrected chi connectivity index (χ3v) is 13.4. The van der Waals surface area contributed by atoms with Crippen LogP contribution in [0.25, 0.3) is 0 Å². The molecule has 2 atom stereocenters. The van der Waals surface area contributed by atoms with E-state index in [0.717, 1.165) is 0 Å². The van der Waals surface area contributed by atoms with Gasteiger partial charge < -0.3 is 10.2 Å². The van der Waals surface area contributed by atoms with Crippen molar-refractivity contribution in [2.75, 3.05) is 13.5 Å². The predicted molar refractivity (Wildman–Crippen MR) is 229 cm³/mol. The third-order valence-electron chi connectivity index (χ3n) is 10.6. The molecule has 0 spiro atoms. The first-order valence-electron chi connectivity index (χ1n) is 19.6. The summed E-state index contributed by atoms with van der Waals surface area (Å²) >= 11 is 0. The van der Waals surface area contributed by atoms with Crippen LogP contribution in [0.5, 0.6) is 0 Å². The number of phosphoric ester groups is 1. The number of hydrogen-bond acceptors (Lipinski definition) is 10. The third kappa shape index (κ3) is 8.27. The van der Waals surface area contributed by atoms with Crippen LogP contribution in [-0.2, 0) is 61.1 Å². The predicted octanol–water partition coefficient (Wildman–Crippen LogP) is 8.28. The normalized spacial score (nSPS) is 17.6. The highest BCUT2D eigenvalue weighted by atomic mass is 31.2. The molecule has 17 heteroatoms. The minimum atomic E-state index is -5.30. The lowest BCUT2D eigenvalue weighted by Gasteiger charge is -2.39. The molecule has 2 saturated heterocycles. The largest absolute Gasteiger partial charge is 0.474 e. The molecule has 2 aliphatic heterocycles. The second-order valence-corrected chi connectivity index (χ2v) is 17.7. The number of imide groups is 2. The molecule has 2 heterocycles. The molecular formula is C46H40N4O11P2. The summed E-state index contributed by atoms with van der Waals surface area (Å²) in [6.45, 7) is -2.94.